The lowest BCUT2D eigenvalue weighted by atomic mass is 9.95. The zero-order valence-corrected chi connectivity index (χ0v) is 10.6. The van der Waals surface area contributed by atoms with Gasteiger partial charge in [0.1, 0.15) is 5.75 Å². The van der Waals surface area contributed by atoms with Crippen LogP contribution in [0.5, 0.6) is 5.75 Å². The number of piperidine rings is 1. The molecule has 0 bridgehead atoms. The first-order valence-corrected chi connectivity index (χ1v) is 6.27. The summed E-state index contributed by atoms with van der Waals surface area (Å²) in [7, 11) is 0. The minimum Gasteiger partial charge on any atom is -0.406 e. The van der Waals surface area contributed by atoms with Gasteiger partial charge in [0.25, 0.3) is 0 Å². The second-order valence-corrected chi connectivity index (χ2v) is 4.79. The number of hydrogen-bond acceptors (Lipinski definition) is 3. The maximum Gasteiger partial charge on any atom is 0.573 e. The molecule has 3 nitrogen and oxygen atoms in total. The largest absolute Gasteiger partial charge is 0.573 e. The summed E-state index contributed by atoms with van der Waals surface area (Å²) in [6.45, 7) is 4.05. The van der Waals surface area contributed by atoms with Crippen molar-refractivity contribution >= 4 is 5.69 Å². The molecule has 6 heteroatoms. The molecule has 1 heterocycles. The summed E-state index contributed by atoms with van der Waals surface area (Å²) in [5.41, 5.74) is 0.813. The minimum atomic E-state index is -4.64. The first-order valence-electron chi connectivity index (χ1n) is 6.27. The fraction of sp³-hybridized carbons (Fsp3) is 0.538. The number of benzene rings is 1. The number of rotatable bonds is 3. The van der Waals surface area contributed by atoms with Crippen LogP contribution in [0.25, 0.3) is 0 Å². The third kappa shape index (κ3) is 4.31. The molecule has 19 heavy (non-hydrogen) atoms. The van der Waals surface area contributed by atoms with Crippen LogP contribution in [0.4, 0.5) is 18.9 Å². The van der Waals surface area contributed by atoms with E-state index in [1.807, 2.05) is 0 Å². The molecule has 0 aliphatic carbocycles. The standard InChI is InChI=1S/C13H17F3N2O/c1-9-8-17-7-6-12(9)18-10-2-4-11(5-3-10)19-13(14,15)16/h2-5,9,12,17-18H,6-8H2,1H3/t9-,12+/m0/s1. The van der Waals surface area contributed by atoms with Gasteiger partial charge in [0.2, 0.25) is 0 Å². The number of halogens is 3. The Morgan fingerprint density at radius 1 is 1.26 bits per heavy atom. The van der Waals surface area contributed by atoms with Crippen LogP contribution in [-0.4, -0.2) is 25.5 Å². The maximum atomic E-state index is 12.0. The Morgan fingerprint density at radius 3 is 2.53 bits per heavy atom. The Labute approximate surface area is 110 Å². The fourth-order valence-corrected chi connectivity index (χ4v) is 2.20. The second-order valence-electron chi connectivity index (χ2n) is 4.79. The van der Waals surface area contributed by atoms with E-state index in [9.17, 15) is 13.2 Å². The normalized spacial score (nSPS) is 24.0. The quantitative estimate of drug-likeness (QED) is 0.889. The van der Waals surface area contributed by atoms with E-state index in [0.29, 0.717) is 12.0 Å². The highest BCUT2D eigenvalue weighted by Gasteiger charge is 2.31. The van der Waals surface area contributed by atoms with Crippen LogP contribution in [0, 0.1) is 5.92 Å². The summed E-state index contributed by atoms with van der Waals surface area (Å²) in [6, 6.07) is 6.20. The van der Waals surface area contributed by atoms with E-state index in [1.165, 1.54) is 12.1 Å². The van der Waals surface area contributed by atoms with Crippen LogP contribution in [0.3, 0.4) is 0 Å². The molecule has 1 aliphatic rings. The third-order valence-corrected chi connectivity index (χ3v) is 3.23. The molecular formula is C13H17F3N2O. The van der Waals surface area contributed by atoms with Crippen molar-refractivity contribution in [3.05, 3.63) is 24.3 Å². The molecule has 0 saturated carbocycles. The van der Waals surface area contributed by atoms with Gasteiger partial charge in [0, 0.05) is 11.7 Å². The lowest BCUT2D eigenvalue weighted by Gasteiger charge is -2.31. The van der Waals surface area contributed by atoms with Gasteiger partial charge >= 0.3 is 6.36 Å². The predicted molar refractivity (Wildman–Crippen MR) is 67.2 cm³/mol. The van der Waals surface area contributed by atoms with Crippen LogP contribution in [-0.2, 0) is 0 Å². The van der Waals surface area contributed by atoms with Crippen molar-refractivity contribution in [3.63, 3.8) is 0 Å². The molecule has 1 fully saturated rings. The summed E-state index contributed by atoms with van der Waals surface area (Å²) in [5.74, 6) is 0.288. The number of anilines is 1. The summed E-state index contributed by atoms with van der Waals surface area (Å²) in [6.07, 6.45) is -3.64. The van der Waals surface area contributed by atoms with Crippen molar-refractivity contribution in [1.29, 1.82) is 0 Å². The first-order chi connectivity index (χ1) is 8.94. The SMILES string of the molecule is C[C@H]1CNCC[C@H]1Nc1ccc(OC(F)(F)F)cc1. The van der Waals surface area contributed by atoms with E-state index in [4.69, 9.17) is 0 Å². The molecule has 1 saturated heterocycles. The molecule has 1 aromatic rings. The number of ether oxygens (including phenoxy) is 1. The Bertz CT molecular complexity index is 405. The van der Waals surface area contributed by atoms with Crippen LogP contribution in [0.15, 0.2) is 24.3 Å². The summed E-state index contributed by atoms with van der Waals surface area (Å²) >= 11 is 0. The van der Waals surface area contributed by atoms with Gasteiger partial charge in [0.15, 0.2) is 0 Å². The fourth-order valence-electron chi connectivity index (χ4n) is 2.20. The van der Waals surface area contributed by atoms with Crippen LogP contribution in [0.2, 0.25) is 0 Å². The number of nitrogens with one attached hydrogen (secondary N) is 2. The van der Waals surface area contributed by atoms with Crippen LogP contribution < -0.4 is 15.4 Å². The summed E-state index contributed by atoms with van der Waals surface area (Å²) in [4.78, 5) is 0. The maximum absolute atomic E-state index is 12.0. The molecule has 1 aliphatic heterocycles. The monoisotopic (exact) mass is 274 g/mol. The van der Waals surface area contributed by atoms with Gasteiger partial charge in [-0.15, -0.1) is 13.2 Å². The smallest absolute Gasteiger partial charge is 0.406 e. The van der Waals surface area contributed by atoms with Gasteiger partial charge in [-0.3, -0.25) is 0 Å². The molecular weight excluding hydrogens is 257 g/mol. The zero-order chi connectivity index (χ0) is 13.9. The predicted octanol–water partition coefficient (Wildman–Crippen LogP) is 3.00. The molecule has 2 rings (SSSR count). The molecule has 106 valence electrons. The third-order valence-electron chi connectivity index (χ3n) is 3.23. The molecule has 0 unspecified atom stereocenters. The molecule has 2 atom stereocenters. The summed E-state index contributed by atoms with van der Waals surface area (Å²) < 4.78 is 39.9. The van der Waals surface area contributed by atoms with E-state index in [0.717, 1.165) is 25.2 Å². The van der Waals surface area contributed by atoms with Gasteiger partial charge in [-0.25, -0.2) is 0 Å². The highest BCUT2D eigenvalue weighted by atomic mass is 19.4. The van der Waals surface area contributed by atoms with Crippen LogP contribution >= 0.6 is 0 Å². The zero-order valence-electron chi connectivity index (χ0n) is 10.6. The Hall–Kier alpha value is -1.43. The first kappa shape index (κ1) is 14.0. The molecule has 1 aromatic carbocycles. The highest BCUT2D eigenvalue weighted by Crippen LogP contribution is 2.25. The van der Waals surface area contributed by atoms with Crippen molar-refractivity contribution in [3.8, 4) is 5.75 Å². The minimum absolute atomic E-state index is 0.198. The lowest BCUT2D eigenvalue weighted by molar-refractivity contribution is -0.274. The lowest BCUT2D eigenvalue weighted by Crippen LogP contribution is -2.42. The van der Waals surface area contributed by atoms with E-state index in [1.54, 1.807) is 12.1 Å². The van der Waals surface area contributed by atoms with Gasteiger partial charge in [-0.1, -0.05) is 6.92 Å². The van der Waals surface area contributed by atoms with E-state index >= 15 is 0 Å². The molecule has 0 amide bonds. The van der Waals surface area contributed by atoms with Crippen LogP contribution in [0.1, 0.15) is 13.3 Å². The second kappa shape index (κ2) is 5.69. The van der Waals surface area contributed by atoms with Crippen molar-refractivity contribution in [2.24, 2.45) is 5.92 Å². The van der Waals surface area contributed by atoms with Gasteiger partial charge in [0.05, 0.1) is 0 Å². The van der Waals surface area contributed by atoms with E-state index < -0.39 is 6.36 Å². The Kier molecular flexibility index (Phi) is 4.19. The summed E-state index contributed by atoms with van der Waals surface area (Å²) in [5, 5.41) is 6.64. The number of hydrogen-bond donors (Lipinski definition) is 2. The van der Waals surface area contributed by atoms with E-state index in [-0.39, 0.29) is 5.75 Å². The molecule has 0 aromatic heterocycles. The van der Waals surface area contributed by atoms with Gasteiger partial charge in [-0.2, -0.15) is 0 Å². The van der Waals surface area contributed by atoms with E-state index in [2.05, 4.69) is 22.3 Å². The highest BCUT2D eigenvalue weighted by molar-refractivity contribution is 5.47. The molecule has 0 spiro atoms. The van der Waals surface area contributed by atoms with Crippen molar-refractivity contribution in [2.75, 3.05) is 18.4 Å². The topological polar surface area (TPSA) is 33.3 Å². The molecule has 0 radical (unpaired) electrons. The van der Waals surface area contributed by atoms with Crippen molar-refractivity contribution in [2.45, 2.75) is 25.7 Å². The number of alkyl halides is 3. The van der Waals surface area contributed by atoms with Gasteiger partial charge in [-0.05, 0) is 49.7 Å². The molecule has 2 N–H and O–H groups in total. The average molecular weight is 274 g/mol. The average Bonchev–Trinajstić information content (AvgIpc) is 2.33. The van der Waals surface area contributed by atoms with Crippen molar-refractivity contribution < 1.29 is 17.9 Å². The van der Waals surface area contributed by atoms with Gasteiger partial charge < -0.3 is 15.4 Å². The Morgan fingerprint density at radius 2 is 1.95 bits per heavy atom. The van der Waals surface area contributed by atoms with Crippen molar-refractivity contribution in [1.82, 2.24) is 5.32 Å². The Balaban J connectivity index is 1.94.